The van der Waals surface area contributed by atoms with Crippen LogP contribution in [0.15, 0.2) is 77.2 Å². The summed E-state index contributed by atoms with van der Waals surface area (Å²) in [6.45, 7) is 1.50. The van der Waals surface area contributed by atoms with Crippen molar-refractivity contribution < 1.29 is 32.2 Å². The van der Waals surface area contributed by atoms with Crippen LogP contribution in [0.5, 0.6) is 5.75 Å². The standard InChI is InChI=1S/C26H22F3N3O4/c1-16-5-2-3-8-22(16)25-32-31-24(36-25)18-11-9-17(10-12-18)23(34)30-14-20(33)15-35-21-7-4-6-19(13-21)26(27,28)29/h2-13,20,33H,14-15H2,1H3,(H,30,34). The third-order valence-electron chi connectivity index (χ3n) is 5.30. The number of amides is 1. The van der Waals surface area contributed by atoms with Gasteiger partial charge in [0.15, 0.2) is 0 Å². The smallest absolute Gasteiger partial charge is 0.416 e. The number of ether oxygens (including phenoxy) is 1. The van der Waals surface area contributed by atoms with Crippen LogP contribution < -0.4 is 10.1 Å². The van der Waals surface area contributed by atoms with E-state index in [1.165, 1.54) is 12.1 Å². The number of nitrogens with one attached hydrogen (secondary N) is 1. The Hall–Kier alpha value is -4.18. The van der Waals surface area contributed by atoms with Crippen molar-refractivity contribution in [2.75, 3.05) is 13.2 Å². The van der Waals surface area contributed by atoms with E-state index < -0.39 is 23.8 Å². The number of aryl methyl sites for hydroxylation is 1. The number of rotatable bonds is 8. The maximum Gasteiger partial charge on any atom is 0.416 e. The number of hydrogen-bond donors (Lipinski definition) is 2. The van der Waals surface area contributed by atoms with Crippen molar-refractivity contribution in [3.63, 3.8) is 0 Å². The minimum absolute atomic E-state index is 0.0302. The zero-order valence-corrected chi connectivity index (χ0v) is 19.1. The number of benzene rings is 3. The van der Waals surface area contributed by atoms with Crippen LogP contribution in [0.1, 0.15) is 21.5 Å². The molecule has 2 N–H and O–H groups in total. The van der Waals surface area contributed by atoms with Crippen molar-refractivity contribution in [1.82, 2.24) is 15.5 Å². The molecule has 0 aliphatic heterocycles. The number of carbonyl (C=O) groups is 1. The summed E-state index contributed by atoms with van der Waals surface area (Å²) in [5.74, 6) is 0.233. The molecule has 1 aromatic heterocycles. The normalized spacial score (nSPS) is 12.2. The molecular formula is C26H22F3N3O4. The van der Waals surface area contributed by atoms with Crippen LogP contribution in [0.2, 0.25) is 0 Å². The second kappa shape index (κ2) is 10.6. The average molecular weight is 497 g/mol. The zero-order chi connectivity index (χ0) is 25.7. The van der Waals surface area contributed by atoms with E-state index in [4.69, 9.17) is 9.15 Å². The van der Waals surface area contributed by atoms with Crippen LogP contribution in [0, 0.1) is 6.92 Å². The molecule has 0 fully saturated rings. The Labute approximate surface area is 204 Å². The predicted octanol–water partition coefficient (Wildman–Crippen LogP) is 4.90. The SMILES string of the molecule is Cc1ccccc1-c1nnc(-c2ccc(C(=O)NCC(O)COc3cccc(C(F)(F)F)c3)cc2)o1. The van der Waals surface area contributed by atoms with Gasteiger partial charge in [-0.05, 0) is 61.0 Å². The van der Waals surface area contributed by atoms with Crippen LogP contribution in [0.25, 0.3) is 22.9 Å². The molecule has 0 aliphatic rings. The van der Waals surface area contributed by atoms with Crippen LogP contribution in [0.4, 0.5) is 13.2 Å². The third-order valence-corrected chi connectivity index (χ3v) is 5.30. The summed E-state index contributed by atoms with van der Waals surface area (Å²) in [5.41, 5.74) is 1.96. The molecule has 4 aromatic rings. The van der Waals surface area contributed by atoms with Gasteiger partial charge in [-0.3, -0.25) is 4.79 Å². The van der Waals surface area contributed by atoms with Gasteiger partial charge in [0.25, 0.3) is 5.91 Å². The number of aliphatic hydroxyl groups excluding tert-OH is 1. The van der Waals surface area contributed by atoms with Gasteiger partial charge < -0.3 is 19.6 Å². The van der Waals surface area contributed by atoms with E-state index in [1.54, 1.807) is 24.3 Å². The topological polar surface area (TPSA) is 97.5 Å². The quantitative estimate of drug-likeness (QED) is 0.359. The molecule has 4 rings (SSSR count). The molecule has 1 amide bonds. The minimum atomic E-state index is -4.49. The average Bonchev–Trinajstić information content (AvgIpc) is 3.36. The van der Waals surface area contributed by atoms with Crippen molar-refractivity contribution in [3.05, 3.63) is 89.5 Å². The van der Waals surface area contributed by atoms with Gasteiger partial charge in [-0.15, -0.1) is 10.2 Å². The van der Waals surface area contributed by atoms with Crippen LogP contribution in [-0.4, -0.2) is 40.5 Å². The lowest BCUT2D eigenvalue weighted by Gasteiger charge is -2.14. The Morgan fingerprint density at radius 1 is 1.03 bits per heavy atom. The molecule has 10 heteroatoms. The highest BCUT2D eigenvalue weighted by molar-refractivity contribution is 5.94. The summed E-state index contributed by atoms with van der Waals surface area (Å²) in [5, 5.41) is 20.8. The maximum absolute atomic E-state index is 12.8. The Balaban J connectivity index is 1.30. The van der Waals surface area contributed by atoms with Crippen LogP contribution in [-0.2, 0) is 6.18 Å². The molecule has 7 nitrogen and oxygen atoms in total. The van der Waals surface area contributed by atoms with Crippen LogP contribution in [0.3, 0.4) is 0 Å². The van der Waals surface area contributed by atoms with E-state index in [0.29, 0.717) is 22.9 Å². The highest BCUT2D eigenvalue weighted by Crippen LogP contribution is 2.31. The predicted molar refractivity (Wildman–Crippen MR) is 125 cm³/mol. The Morgan fingerprint density at radius 2 is 1.75 bits per heavy atom. The summed E-state index contributed by atoms with van der Waals surface area (Å²) < 4.78 is 49.3. The first-order valence-electron chi connectivity index (χ1n) is 11.0. The molecule has 0 radical (unpaired) electrons. The van der Waals surface area contributed by atoms with E-state index in [2.05, 4.69) is 15.5 Å². The Morgan fingerprint density at radius 3 is 2.47 bits per heavy atom. The molecule has 1 heterocycles. The van der Waals surface area contributed by atoms with Crippen molar-refractivity contribution in [2.24, 2.45) is 0 Å². The summed E-state index contributed by atoms with van der Waals surface area (Å²) in [6.07, 6.45) is -5.62. The minimum Gasteiger partial charge on any atom is -0.491 e. The van der Waals surface area contributed by atoms with Gasteiger partial charge >= 0.3 is 6.18 Å². The highest BCUT2D eigenvalue weighted by Gasteiger charge is 2.30. The molecule has 1 unspecified atom stereocenters. The highest BCUT2D eigenvalue weighted by atomic mass is 19.4. The Bertz CT molecular complexity index is 1340. The third kappa shape index (κ3) is 6.08. The van der Waals surface area contributed by atoms with E-state index in [0.717, 1.165) is 23.3 Å². The number of aliphatic hydroxyl groups is 1. The maximum atomic E-state index is 12.8. The molecule has 186 valence electrons. The fourth-order valence-electron chi connectivity index (χ4n) is 3.35. The molecule has 0 bridgehead atoms. The van der Waals surface area contributed by atoms with Gasteiger partial charge in [-0.1, -0.05) is 24.3 Å². The summed E-state index contributed by atoms with van der Waals surface area (Å²) >= 11 is 0. The van der Waals surface area contributed by atoms with Crippen molar-refractivity contribution in [3.8, 4) is 28.7 Å². The number of hydrogen-bond acceptors (Lipinski definition) is 6. The van der Waals surface area contributed by atoms with E-state index in [-0.39, 0.29) is 18.9 Å². The van der Waals surface area contributed by atoms with E-state index in [9.17, 15) is 23.1 Å². The van der Waals surface area contributed by atoms with Crippen molar-refractivity contribution >= 4 is 5.91 Å². The van der Waals surface area contributed by atoms with Gasteiger partial charge in [-0.25, -0.2) is 0 Å². The van der Waals surface area contributed by atoms with Crippen LogP contribution >= 0.6 is 0 Å². The fraction of sp³-hybridized carbons (Fsp3) is 0.192. The van der Waals surface area contributed by atoms with Gasteiger partial charge in [-0.2, -0.15) is 13.2 Å². The van der Waals surface area contributed by atoms with Gasteiger partial charge in [0.1, 0.15) is 18.5 Å². The second-order valence-electron chi connectivity index (χ2n) is 8.01. The van der Waals surface area contributed by atoms with Gasteiger partial charge in [0, 0.05) is 23.2 Å². The first kappa shape index (κ1) is 24.9. The second-order valence-corrected chi connectivity index (χ2v) is 8.01. The van der Waals surface area contributed by atoms with E-state index in [1.807, 2.05) is 31.2 Å². The summed E-state index contributed by atoms with van der Waals surface area (Å²) in [6, 6.07) is 18.5. The van der Waals surface area contributed by atoms with Gasteiger partial charge in [0.2, 0.25) is 11.8 Å². The molecule has 0 saturated carbocycles. The molecule has 36 heavy (non-hydrogen) atoms. The van der Waals surface area contributed by atoms with Crippen molar-refractivity contribution in [1.29, 1.82) is 0 Å². The van der Waals surface area contributed by atoms with Crippen molar-refractivity contribution in [2.45, 2.75) is 19.2 Å². The molecular weight excluding hydrogens is 475 g/mol. The number of nitrogens with zero attached hydrogens (tertiary/aromatic N) is 2. The zero-order valence-electron chi connectivity index (χ0n) is 19.1. The van der Waals surface area contributed by atoms with Gasteiger partial charge in [0.05, 0.1) is 5.56 Å². The molecule has 3 aromatic carbocycles. The first-order valence-corrected chi connectivity index (χ1v) is 11.0. The van der Waals surface area contributed by atoms with E-state index >= 15 is 0 Å². The number of aromatic nitrogens is 2. The fourth-order valence-corrected chi connectivity index (χ4v) is 3.35. The number of halogens is 3. The lowest BCUT2D eigenvalue weighted by molar-refractivity contribution is -0.137. The number of alkyl halides is 3. The first-order chi connectivity index (χ1) is 17.2. The number of carbonyl (C=O) groups excluding carboxylic acids is 1. The molecule has 0 aliphatic carbocycles. The lowest BCUT2D eigenvalue weighted by Crippen LogP contribution is -2.35. The summed E-state index contributed by atoms with van der Waals surface area (Å²) in [4.78, 5) is 12.4. The molecule has 0 spiro atoms. The Kier molecular flexibility index (Phi) is 7.35. The molecule has 0 saturated heterocycles. The molecule has 1 atom stereocenters. The summed E-state index contributed by atoms with van der Waals surface area (Å²) in [7, 11) is 0. The largest absolute Gasteiger partial charge is 0.491 e. The lowest BCUT2D eigenvalue weighted by atomic mass is 10.1. The monoisotopic (exact) mass is 497 g/mol.